The van der Waals surface area contributed by atoms with Crippen LogP contribution in [0.15, 0.2) is 18.2 Å². The van der Waals surface area contributed by atoms with E-state index in [0.717, 1.165) is 31.6 Å². The molecule has 3 nitrogen and oxygen atoms in total. The highest BCUT2D eigenvalue weighted by Gasteiger charge is 2.43. The fourth-order valence-electron chi connectivity index (χ4n) is 3.40. The SMILES string of the molecule is Cc1cccc(CCN)c1OC1CCOC2(CCC2)C1. The number of para-hydroxylation sites is 1. The maximum Gasteiger partial charge on any atom is 0.125 e. The Kier molecular flexibility index (Phi) is 3.99. The summed E-state index contributed by atoms with van der Waals surface area (Å²) < 4.78 is 12.3. The first-order valence-corrected chi connectivity index (χ1v) is 7.82. The molecule has 0 aromatic heterocycles. The molecule has 2 aliphatic rings. The number of aryl methyl sites for hydroxylation is 1. The van der Waals surface area contributed by atoms with Crippen molar-refractivity contribution in [1.82, 2.24) is 0 Å². The van der Waals surface area contributed by atoms with E-state index in [2.05, 4.69) is 25.1 Å². The summed E-state index contributed by atoms with van der Waals surface area (Å²) in [5.41, 5.74) is 8.30. The van der Waals surface area contributed by atoms with Crippen molar-refractivity contribution in [2.75, 3.05) is 13.2 Å². The Morgan fingerprint density at radius 3 is 2.95 bits per heavy atom. The molecule has 110 valence electrons. The normalized spacial score (nSPS) is 24.4. The van der Waals surface area contributed by atoms with Crippen molar-refractivity contribution < 1.29 is 9.47 Å². The molecule has 1 heterocycles. The lowest BCUT2D eigenvalue weighted by Gasteiger charge is -2.47. The minimum Gasteiger partial charge on any atom is -0.490 e. The average Bonchev–Trinajstić information content (AvgIpc) is 2.42. The Labute approximate surface area is 121 Å². The van der Waals surface area contributed by atoms with E-state index in [0.29, 0.717) is 12.6 Å². The van der Waals surface area contributed by atoms with Crippen LogP contribution in [0, 0.1) is 6.92 Å². The number of nitrogens with two attached hydrogens (primary N) is 1. The maximum absolute atomic E-state index is 6.37. The van der Waals surface area contributed by atoms with Gasteiger partial charge in [-0.3, -0.25) is 0 Å². The van der Waals surface area contributed by atoms with Crippen LogP contribution in [0.3, 0.4) is 0 Å². The third-order valence-corrected chi connectivity index (χ3v) is 4.70. The molecule has 0 amide bonds. The molecule has 1 atom stereocenters. The van der Waals surface area contributed by atoms with E-state index in [9.17, 15) is 0 Å². The number of hydrogen-bond donors (Lipinski definition) is 1. The van der Waals surface area contributed by atoms with Crippen LogP contribution in [0.5, 0.6) is 5.75 Å². The predicted molar refractivity (Wildman–Crippen MR) is 80.1 cm³/mol. The highest BCUT2D eigenvalue weighted by molar-refractivity contribution is 5.41. The third kappa shape index (κ3) is 2.70. The quantitative estimate of drug-likeness (QED) is 0.918. The van der Waals surface area contributed by atoms with Gasteiger partial charge in [-0.2, -0.15) is 0 Å². The Hall–Kier alpha value is -1.06. The van der Waals surface area contributed by atoms with Gasteiger partial charge >= 0.3 is 0 Å². The molecule has 1 spiro atoms. The van der Waals surface area contributed by atoms with Gasteiger partial charge < -0.3 is 15.2 Å². The van der Waals surface area contributed by atoms with Gasteiger partial charge in [0.15, 0.2) is 0 Å². The topological polar surface area (TPSA) is 44.5 Å². The van der Waals surface area contributed by atoms with Crippen molar-refractivity contribution >= 4 is 0 Å². The summed E-state index contributed by atoms with van der Waals surface area (Å²) in [6.07, 6.45) is 6.93. The number of benzene rings is 1. The molecule has 3 heteroatoms. The van der Waals surface area contributed by atoms with Gasteiger partial charge in [-0.15, -0.1) is 0 Å². The molecule has 1 saturated heterocycles. The van der Waals surface area contributed by atoms with Gasteiger partial charge in [-0.05, 0) is 50.3 Å². The molecule has 0 bridgehead atoms. The Bertz CT molecular complexity index is 468. The van der Waals surface area contributed by atoms with Crippen LogP contribution < -0.4 is 10.5 Å². The first kappa shape index (κ1) is 13.9. The third-order valence-electron chi connectivity index (χ3n) is 4.70. The second-order valence-electron chi connectivity index (χ2n) is 6.22. The summed E-state index contributed by atoms with van der Waals surface area (Å²) in [4.78, 5) is 0. The largest absolute Gasteiger partial charge is 0.490 e. The van der Waals surface area contributed by atoms with E-state index in [-0.39, 0.29) is 5.60 Å². The molecule has 0 radical (unpaired) electrons. The fourth-order valence-corrected chi connectivity index (χ4v) is 3.40. The van der Waals surface area contributed by atoms with Crippen LogP contribution in [0.1, 0.15) is 43.2 Å². The van der Waals surface area contributed by atoms with Crippen molar-refractivity contribution in [3.05, 3.63) is 29.3 Å². The van der Waals surface area contributed by atoms with Crippen LogP contribution in [0.2, 0.25) is 0 Å². The summed E-state index contributed by atoms with van der Waals surface area (Å²) in [5.74, 6) is 1.05. The van der Waals surface area contributed by atoms with Crippen LogP contribution in [-0.2, 0) is 11.2 Å². The van der Waals surface area contributed by atoms with Gasteiger partial charge in [0.2, 0.25) is 0 Å². The van der Waals surface area contributed by atoms with Crippen molar-refractivity contribution in [3.8, 4) is 5.75 Å². The molecule has 1 aromatic carbocycles. The van der Waals surface area contributed by atoms with Crippen molar-refractivity contribution in [2.24, 2.45) is 5.73 Å². The molecule has 1 aliphatic heterocycles. The van der Waals surface area contributed by atoms with E-state index in [4.69, 9.17) is 15.2 Å². The average molecular weight is 275 g/mol. The van der Waals surface area contributed by atoms with Crippen molar-refractivity contribution in [1.29, 1.82) is 0 Å². The van der Waals surface area contributed by atoms with Crippen LogP contribution >= 0.6 is 0 Å². The first-order chi connectivity index (χ1) is 9.72. The van der Waals surface area contributed by atoms with Gasteiger partial charge in [0, 0.05) is 12.8 Å². The Morgan fingerprint density at radius 1 is 1.40 bits per heavy atom. The fraction of sp³-hybridized carbons (Fsp3) is 0.647. The monoisotopic (exact) mass is 275 g/mol. The Morgan fingerprint density at radius 2 is 2.25 bits per heavy atom. The zero-order valence-electron chi connectivity index (χ0n) is 12.4. The van der Waals surface area contributed by atoms with Gasteiger partial charge in [0.1, 0.15) is 11.9 Å². The van der Waals surface area contributed by atoms with E-state index < -0.39 is 0 Å². The minimum absolute atomic E-state index is 0.139. The maximum atomic E-state index is 6.37. The molecule has 20 heavy (non-hydrogen) atoms. The van der Waals surface area contributed by atoms with Gasteiger partial charge in [0.25, 0.3) is 0 Å². The molecule has 3 rings (SSSR count). The van der Waals surface area contributed by atoms with Crippen molar-refractivity contribution in [2.45, 2.75) is 57.2 Å². The molecule has 1 aromatic rings. The lowest BCUT2D eigenvalue weighted by molar-refractivity contribution is -0.153. The lowest BCUT2D eigenvalue weighted by atomic mass is 9.74. The van der Waals surface area contributed by atoms with Crippen LogP contribution in [0.4, 0.5) is 0 Å². The Balaban J connectivity index is 1.73. The lowest BCUT2D eigenvalue weighted by Crippen LogP contribution is -2.48. The highest BCUT2D eigenvalue weighted by atomic mass is 16.5. The molecular weight excluding hydrogens is 250 g/mol. The van der Waals surface area contributed by atoms with Gasteiger partial charge in [-0.1, -0.05) is 18.2 Å². The second-order valence-corrected chi connectivity index (χ2v) is 6.22. The number of rotatable bonds is 4. The van der Waals surface area contributed by atoms with Crippen LogP contribution in [0.25, 0.3) is 0 Å². The van der Waals surface area contributed by atoms with E-state index in [1.54, 1.807) is 0 Å². The minimum atomic E-state index is 0.139. The van der Waals surface area contributed by atoms with E-state index >= 15 is 0 Å². The summed E-state index contributed by atoms with van der Waals surface area (Å²) in [6.45, 7) is 3.62. The van der Waals surface area contributed by atoms with Crippen molar-refractivity contribution in [3.63, 3.8) is 0 Å². The zero-order chi connectivity index (χ0) is 14.0. The zero-order valence-corrected chi connectivity index (χ0v) is 12.4. The number of ether oxygens (including phenoxy) is 2. The molecule has 2 N–H and O–H groups in total. The summed E-state index contributed by atoms with van der Waals surface area (Å²) in [5, 5.41) is 0. The standard InChI is InChI=1S/C17H25NO2/c1-13-4-2-5-14(6-10-18)16(13)20-15-7-11-19-17(12-15)8-3-9-17/h2,4-5,15H,3,6-12,18H2,1H3. The molecule has 1 saturated carbocycles. The first-order valence-electron chi connectivity index (χ1n) is 7.82. The molecule has 1 aliphatic carbocycles. The second kappa shape index (κ2) is 5.74. The van der Waals surface area contributed by atoms with Crippen LogP contribution in [-0.4, -0.2) is 24.9 Å². The van der Waals surface area contributed by atoms with Gasteiger partial charge in [-0.25, -0.2) is 0 Å². The number of hydrogen-bond acceptors (Lipinski definition) is 3. The molecule has 2 fully saturated rings. The molecule has 1 unspecified atom stereocenters. The predicted octanol–water partition coefficient (Wildman–Crippen LogP) is 2.98. The van der Waals surface area contributed by atoms with E-state index in [1.807, 2.05) is 0 Å². The summed E-state index contributed by atoms with van der Waals surface area (Å²) in [6, 6.07) is 6.34. The molecular formula is C17H25NO2. The van der Waals surface area contributed by atoms with E-state index in [1.165, 1.54) is 30.4 Å². The summed E-state index contributed by atoms with van der Waals surface area (Å²) in [7, 11) is 0. The summed E-state index contributed by atoms with van der Waals surface area (Å²) >= 11 is 0. The highest BCUT2D eigenvalue weighted by Crippen LogP contribution is 2.43. The smallest absolute Gasteiger partial charge is 0.125 e. The van der Waals surface area contributed by atoms with Gasteiger partial charge in [0.05, 0.1) is 12.2 Å².